The van der Waals surface area contributed by atoms with Gasteiger partial charge in [0.25, 0.3) is 0 Å². The molecule has 1 aromatic rings. The summed E-state index contributed by atoms with van der Waals surface area (Å²) in [6.45, 7) is 1.43. The number of carboxylic acid groups (broad SMARTS) is 1. The van der Waals surface area contributed by atoms with Crippen LogP contribution in [-0.2, 0) is 4.79 Å². The fraction of sp³-hybridized carbons (Fsp3) is 0.273. The highest BCUT2D eigenvalue weighted by molar-refractivity contribution is 5.89. The molecule has 5 nitrogen and oxygen atoms in total. The van der Waals surface area contributed by atoms with Crippen molar-refractivity contribution in [3.05, 3.63) is 29.6 Å². The molecule has 0 saturated heterocycles. The normalized spacial score (nSPS) is 11.8. The summed E-state index contributed by atoms with van der Waals surface area (Å²) in [4.78, 5) is 21.7. The van der Waals surface area contributed by atoms with Gasteiger partial charge < -0.3 is 15.7 Å². The maximum atomic E-state index is 13.2. The number of carbonyl (C=O) groups is 2. The Balaban J connectivity index is 2.67. The van der Waals surface area contributed by atoms with Gasteiger partial charge in [-0.1, -0.05) is 0 Å². The second-order valence-electron chi connectivity index (χ2n) is 3.84. The lowest BCUT2D eigenvalue weighted by molar-refractivity contribution is -0.137. The summed E-state index contributed by atoms with van der Waals surface area (Å²) in [5, 5.41) is 12.6. The maximum absolute atomic E-state index is 13.2. The predicted octanol–water partition coefficient (Wildman–Crippen LogP) is 2.09. The number of carbonyl (C=O) groups excluding carboxylic acids is 1. The smallest absolute Gasteiger partial charge is 0.319 e. The number of rotatable bonds is 4. The second kappa shape index (κ2) is 6.07. The lowest BCUT2D eigenvalue weighted by Gasteiger charge is -2.13. The SMILES string of the molecule is CC(CC(=O)O)NC(=O)Nc1cc(F)c(F)cc1F. The Morgan fingerprint density at radius 3 is 2.37 bits per heavy atom. The highest BCUT2D eigenvalue weighted by Crippen LogP contribution is 2.18. The van der Waals surface area contributed by atoms with Crippen LogP contribution in [0.4, 0.5) is 23.7 Å². The molecule has 19 heavy (non-hydrogen) atoms. The van der Waals surface area contributed by atoms with Crippen molar-refractivity contribution in [1.82, 2.24) is 5.32 Å². The second-order valence-corrected chi connectivity index (χ2v) is 3.84. The molecule has 0 saturated carbocycles. The van der Waals surface area contributed by atoms with E-state index < -0.39 is 41.2 Å². The zero-order valence-electron chi connectivity index (χ0n) is 9.84. The maximum Gasteiger partial charge on any atom is 0.319 e. The largest absolute Gasteiger partial charge is 0.481 e. The Kier molecular flexibility index (Phi) is 4.74. The first-order valence-electron chi connectivity index (χ1n) is 5.23. The molecule has 0 spiro atoms. The van der Waals surface area contributed by atoms with Crippen molar-refractivity contribution in [2.24, 2.45) is 0 Å². The highest BCUT2D eigenvalue weighted by atomic mass is 19.2. The van der Waals surface area contributed by atoms with E-state index in [9.17, 15) is 22.8 Å². The topological polar surface area (TPSA) is 78.4 Å². The Bertz CT molecular complexity index is 508. The van der Waals surface area contributed by atoms with Gasteiger partial charge in [-0.15, -0.1) is 0 Å². The van der Waals surface area contributed by atoms with Gasteiger partial charge >= 0.3 is 12.0 Å². The van der Waals surface area contributed by atoms with Crippen LogP contribution in [0, 0.1) is 17.5 Å². The van der Waals surface area contributed by atoms with Crippen molar-refractivity contribution in [2.75, 3.05) is 5.32 Å². The number of carboxylic acids is 1. The molecule has 1 atom stereocenters. The molecular weight excluding hydrogens is 265 g/mol. The number of nitrogens with one attached hydrogen (secondary N) is 2. The summed E-state index contributed by atoms with van der Waals surface area (Å²) in [6, 6.07) is -0.831. The van der Waals surface area contributed by atoms with Gasteiger partial charge in [-0.2, -0.15) is 0 Å². The number of hydrogen-bond acceptors (Lipinski definition) is 2. The molecule has 0 heterocycles. The first kappa shape index (κ1) is 14.8. The molecule has 0 fully saturated rings. The summed E-state index contributed by atoms with van der Waals surface area (Å²) in [6.07, 6.45) is -0.326. The van der Waals surface area contributed by atoms with E-state index >= 15 is 0 Å². The number of benzene rings is 1. The minimum absolute atomic E-state index is 0.297. The summed E-state index contributed by atoms with van der Waals surface area (Å²) in [7, 11) is 0. The summed E-state index contributed by atoms with van der Waals surface area (Å²) >= 11 is 0. The van der Waals surface area contributed by atoms with Gasteiger partial charge in [-0.25, -0.2) is 18.0 Å². The van der Waals surface area contributed by atoms with E-state index in [1.165, 1.54) is 6.92 Å². The third kappa shape index (κ3) is 4.49. The first-order chi connectivity index (χ1) is 8.79. The third-order valence-corrected chi connectivity index (χ3v) is 2.12. The van der Waals surface area contributed by atoms with Crippen LogP contribution >= 0.6 is 0 Å². The van der Waals surface area contributed by atoms with E-state index in [1.807, 2.05) is 5.32 Å². The Labute approximate surface area is 106 Å². The van der Waals surface area contributed by atoms with Crippen LogP contribution < -0.4 is 10.6 Å². The minimum atomic E-state index is -1.37. The molecule has 1 rings (SSSR count). The van der Waals surface area contributed by atoms with E-state index in [2.05, 4.69) is 5.32 Å². The lowest BCUT2D eigenvalue weighted by Crippen LogP contribution is -2.37. The monoisotopic (exact) mass is 276 g/mol. The van der Waals surface area contributed by atoms with Crippen molar-refractivity contribution in [1.29, 1.82) is 0 Å². The van der Waals surface area contributed by atoms with Crippen molar-refractivity contribution in [3.63, 3.8) is 0 Å². The van der Waals surface area contributed by atoms with Gasteiger partial charge in [0.05, 0.1) is 12.1 Å². The molecule has 0 bridgehead atoms. The van der Waals surface area contributed by atoms with Crippen molar-refractivity contribution >= 4 is 17.7 Å². The van der Waals surface area contributed by atoms with Crippen molar-refractivity contribution in [2.45, 2.75) is 19.4 Å². The van der Waals surface area contributed by atoms with Gasteiger partial charge in [0.1, 0.15) is 5.82 Å². The molecule has 2 amide bonds. The highest BCUT2D eigenvalue weighted by Gasteiger charge is 2.14. The van der Waals surface area contributed by atoms with Crippen LogP contribution in [0.5, 0.6) is 0 Å². The molecule has 0 aliphatic heterocycles. The number of anilines is 1. The molecule has 1 unspecified atom stereocenters. The molecule has 8 heteroatoms. The van der Waals surface area contributed by atoms with Gasteiger partial charge in [-0.05, 0) is 6.92 Å². The summed E-state index contributed by atoms with van der Waals surface area (Å²) in [5.41, 5.74) is -0.543. The van der Waals surface area contributed by atoms with E-state index in [4.69, 9.17) is 5.11 Å². The first-order valence-corrected chi connectivity index (χ1v) is 5.23. The van der Waals surface area contributed by atoms with Gasteiger partial charge in [-0.3, -0.25) is 4.79 Å². The number of hydrogen-bond donors (Lipinski definition) is 3. The van der Waals surface area contributed by atoms with Gasteiger partial charge in [0.15, 0.2) is 11.6 Å². The minimum Gasteiger partial charge on any atom is -0.481 e. The number of halogens is 3. The summed E-state index contributed by atoms with van der Waals surface area (Å²) < 4.78 is 38.7. The fourth-order valence-electron chi connectivity index (χ4n) is 1.31. The standard InChI is InChI=1S/C11H11F3N2O3/c1-5(2-10(17)18)15-11(19)16-9-4-7(13)6(12)3-8(9)14/h3-5H,2H2,1H3,(H,17,18)(H2,15,16,19). The van der Waals surface area contributed by atoms with E-state index in [0.29, 0.717) is 12.1 Å². The number of amides is 2. The average Bonchev–Trinajstić information content (AvgIpc) is 2.24. The molecular formula is C11H11F3N2O3. The quantitative estimate of drug-likeness (QED) is 0.737. The molecule has 0 aliphatic rings. The van der Waals surface area contributed by atoms with Crippen molar-refractivity contribution in [3.8, 4) is 0 Å². The van der Waals surface area contributed by atoms with Crippen molar-refractivity contribution < 1.29 is 27.9 Å². The number of urea groups is 1. The fourth-order valence-corrected chi connectivity index (χ4v) is 1.31. The van der Waals surface area contributed by atoms with E-state index in [0.717, 1.165) is 0 Å². The van der Waals surface area contributed by atoms with Crippen LogP contribution in [0.15, 0.2) is 12.1 Å². The lowest BCUT2D eigenvalue weighted by atomic mass is 10.2. The molecule has 0 radical (unpaired) electrons. The molecule has 0 aliphatic carbocycles. The van der Waals surface area contributed by atoms with Gasteiger partial charge in [0, 0.05) is 18.2 Å². The van der Waals surface area contributed by atoms with Crippen LogP contribution in [0.1, 0.15) is 13.3 Å². The van der Waals surface area contributed by atoms with Gasteiger partial charge in [0.2, 0.25) is 0 Å². The van der Waals surface area contributed by atoms with E-state index in [1.54, 1.807) is 0 Å². The van der Waals surface area contributed by atoms with Crippen LogP contribution in [0.25, 0.3) is 0 Å². The van der Waals surface area contributed by atoms with Crippen LogP contribution in [-0.4, -0.2) is 23.1 Å². The molecule has 3 N–H and O–H groups in total. The zero-order valence-corrected chi connectivity index (χ0v) is 9.84. The Morgan fingerprint density at radius 2 is 1.79 bits per heavy atom. The van der Waals surface area contributed by atoms with Crippen LogP contribution in [0.2, 0.25) is 0 Å². The summed E-state index contributed by atoms with van der Waals surface area (Å²) in [5.74, 6) is -4.94. The average molecular weight is 276 g/mol. The van der Waals surface area contributed by atoms with Crippen LogP contribution in [0.3, 0.4) is 0 Å². The Morgan fingerprint density at radius 1 is 1.21 bits per heavy atom. The molecule has 0 aromatic heterocycles. The molecule has 1 aromatic carbocycles. The zero-order chi connectivity index (χ0) is 14.6. The molecule has 104 valence electrons. The third-order valence-electron chi connectivity index (χ3n) is 2.12. The number of aliphatic carboxylic acids is 1. The van der Waals surface area contributed by atoms with E-state index in [-0.39, 0.29) is 6.42 Å². The predicted molar refractivity (Wildman–Crippen MR) is 60.2 cm³/mol. The Hall–Kier alpha value is -2.25.